The number of rotatable bonds is 5. The third-order valence-electron chi connectivity index (χ3n) is 2.92. The summed E-state index contributed by atoms with van der Waals surface area (Å²) in [6, 6.07) is 14.1. The maximum absolute atomic E-state index is 6.04. The maximum Gasteiger partial charge on any atom is 0.218 e. The van der Waals surface area contributed by atoms with Crippen LogP contribution in [-0.2, 0) is 13.0 Å². The quantitative estimate of drug-likeness (QED) is 0.894. The molecule has 0 amide bonds. The summed E-state index contributed by atoms with van der Waals surface area (Å²) in [5.41, 5.74) is 7.56. The van der Waals surface area contributed by atoms with Crippen molar-refractivity contribution in [2.24, 2.45) is 5.73 Å². The van der Waals surface area contributed by atoms with Crippen LogP contribution in [0.2, 0.25) is 0 Å². The number of nitrogens with two attached hydrogens (primary N) is 1. The SMILES string of the molecule is CC(C)(Cc1ccccc1)Oc1ncccc1CN. The van der Waals surface area contributed by atoms with E-state index in [2.05, 4.69) is 31.0 Å². The number of hydrogen-bond donors (Lipinski definition) is 1. The zero-order chi connectivity index (χ0) is 13.7. The van der Waals surface area contributed by atoms with Crippen molar-refractivity contribution < 1.29 is 4.74 Å². The average molecular weight is 256 g/mol. The summed E-state index contributed by atoms with van der Waals surface area (Å²) in [5.74, 6) is 0.630. The molecule has 3 nitrogen and oxygen atoms in total. The van der Waals surface area contributed by atoms with E-state index >= 15 is 0 Å². The smallest absolute Gasteiger partial charge is 0.218 e. The van der Waals surface area contributed by atoms with E-state index in [1.165, 1.54) is 5.56 Å². The van der Waals surface area contributed by atoms with Gasteiger partial charge in [-0.2, -0.15) is 0 Å². The van der Waals surface area contributed by atoms with Gasteiger partial charge in [0.2, 0.25) is 5.88 Å². The second kappa shape index (κ2) is 5.85. The van der Waals surface area contributed by atoms with Gasteiger partial charge in [-0.3, -0.25) is 0 Å². The molecule has 0 aliphatic rings. The van der Waals surface area contributed by atoms with Gasteiger partial charge in [-0.05, 0) is 25.5 Å². The molecule has 2 rings (SSSR count). The van der Waals surface area contributed by atoms with E-state index in [-0.39, 0.29) is 5.60 Å². The summed E-state index contributed by atoms with van der Waals surface area (Å²) in [7, 11) is 0. The van der Waals surface area contributed by atoms with E-state index < -0.39 is 0 Å². The van der Waals surface area contributed by atoms with E-state index in [9.17, 15) is 0 Å². The average Bonchev–Trinajstić information content (AvgIpc) is 2.39. The van der Waals surface area contributed by atoms with Crippen molar-refractivity contribution >= 4 is 0 Å². The van der Waals surface area contributed by atoms with Crippen LogP contribution in [0.5, 0.6) is 5.88 Å². The van der Waals surface area contributed by atoms with Crippen LogP contribution in [-0.4, -0.2) is 10.6 Å². The lowest BCUT2D eigenvalue weighted by Gasteiger charge is -2.27. The molecule has 0 spiro atoms. The van der Waals surface area contributed by atoms with Gasteiger partial charge in [-0.25, -0.2) is 4.98 Å². The van der Waals surface area contributed by atoms with Crippen molar-refractivity contribution in [1.29, 1.82) is 0 Å². The fourth-order valence-corrected chi connectivity index (χ4v) is 2.06. The summed E-state index contributed by atoms with van der Waals surface area (Å²) in [5, 5.41) is 0. The zero-order valence-corrected chi connectivity index (χ0v) is 11.5. The van der Waals surface area contributed by atoms with Crippen molar-refractivity contribution in [2.75, 3.05) is 0 Å². The minimum absolute atomic E-state index is 0.320. The monoisotopic (exact) mass is 256 g/mol. The van der Waals surface area contributed by atoms with Crippen LogP contribution in [0.4, 0.5) is 0 Å². The Labute approximate surface area is 114 Å². The van der Waals surface area contributed by atoms with Crippen LogP contribution < -0.4 is 10.5 Å². The molecule has 0 aliphatic heterocycles. The first-order valence-electron chi connectivity index (χ1n) is 6.47. The molecule has 0 bridgehead atoms. The van der Waals surface area contributed by atoms with E-state index in [1.54, 1.807) is 6.20 Å². The summed E-state index contributed by atoms with van der Waals surface area (Å²) < 4.78 is 6.04. The Bertz CT molecular complexity index is 523. The molecule has 2 N–H and O–H groups in total. The molecule has 1 heterocycles. The van der Waals surface area contributed by atoms with Crippen molar-refractivity contribution in [3.63, 3.8) is 0 Å². The highest BCUT2D eigenvalue weighted by Gasteiger charge is 2.22. The van der Waals surface area contributed by atoms with Gasteiger partial charge in [-0.15, -0.1) is 0 Å². The molecular formula is C16H20N2O. The molecule has 0 saturated heterocycles. The maximum atomic E-state index is 6.04. The highest BCUT2D eigenvalue weighted by molar-refractivity contribution is 5.26. The molecule has 1 aromatic carbocycles. The van der Waals surface area contributed by atoms with E-state index in [0.29, 0.717) is 12.4 Å². The standard InChI is InChI=1S/C16H20N2O/c1-16(2,11-13-7-4-3-5-8-13)19-15-14(12-17)9-6-10-18-15/h3-10H,11-12,17H2,1-2H3. The minimum Gasteiger partial charge on any atom is -0.471 e. The Hall–Kier alpha value is -1.87. The fourth-order valence-electron chi connectivity index (χ4n) is 2.06. The molecule has 0 fully saturated rings. The summed E-state index contributed by atoms with van der Waals surface area (Å²) in [4.78, 5) is 4.27. The van der Waals surface area contributed by atoms with E-state index in [1.807, 2.05) is 30.3 Å². The van der Waals surface area contributed by atoms with Gasteiger partial charge in [-0.1, -0.05) is 36.4 Å². The Kier molecular flexibility index (Phi) is 4.17. The molecule has 100 valence electrons. The number of hydrogen-bond acceptors (Lipinski definition) is 3. The predicted octanol–water partition coefficient (Wildman–Crippen LogP) is 2.94. The molecule has 0 aliphatic carbocycles. The third-order valence-corrected chi connectivity index (χ3v) is 2.92. The zero-order valence-electron chi connectivity index (χ0n) is 11.5. The molecule has 3 heteroatoms. The number of aromatic nitrogens is 1. The van der Waals surface area contributed by atoms with Gasteiger partial charge in [0.25, 0.3) is 0 Å². The van der Waals surface area contributed by atoms with Gasteiger partial charge in [0, 0.05) is 24.7 Å². The Morgan fingerprint density at radius 1 is 1.11 bits per heavy atom. The second-order valence-corrected chi connectivity index (χ2v) is 5.20. The van der Waals surface area contributed by atoms with Crippen molar-refractivity contribution in [1.82, 2.24) is 4.98 Å². The number of pyridine rings is 1. The first-order chi connectivity index (χ1) is 9.11. The van der Waals surface area contributed by atoms with Gasteiger partial charge in [0.05, 0.1) is 0 Å². The second-order valence-electron chi connectivity index (χ2n) is 5.20. The number of benzene rings is 1. The predicted molar refractivity (Wildman–Crippen MR) is 77.0 cm³/mol. The van der Waals surface area contributed by atoms with E-state index in [0.717, 1.165) is 12.0 Å². The molecule has 0 radical (unpaired) electrons. The van der Waals surface area contributed by atoms with Gasteiger partial charge in [0.15, 0.2) is 0 Å². The molecule has 0 unspecified atom stereocenters. The largest absolute Gasteiger partial charge is 0.471 e. The Balaban J connectivity index is 2.12. The first-order valence-corrected chi connectivity index (χ1v) is 6.47. The van der Waals surface area contributed by atoms with Crippen molar-refractivity contribution in [3.05, 3.63) is 59.8 Å². The van der Waals surface area contributed by atoms with Crippen molar-refractivity contribution in [2.45, 2.75) is 32.4 Å². The topological polar surface area (TPSA) is 48.1 Å². The van der Waals surface area contributed by atoms with Crippen LogP contribution >= 0.6 is 0 Å². The van der Waals surface area contributed by atoms with Gasteiger partial charge in [0.1, 0.15) is 5.60 Å². The molecular weight excluding hydrogens is 236 g/mol. The lowest BCUT2D eigenvalue weighted by atomic mass is 9.98. The van der Waals surface area contributed by atoms with Crippen LogP contribution in [0.3, 0.4) is 0 Å². The van der Waals surface area contributed by atoms with Crippen LogP contribution in [0, 0.1) is 0 Å². The molecule has 2 aromatic rings. The fraction of sp³-hybridized carbons (Fsp3) is 0.312. The third kappa shape index (κ3) is 3.80. The summed E-state index contributed by atoms with van der Waals surface area (Å²) in [6.07, 6.45) is 2.56. The molecule has 0 saturated carbocycles. The first kappa shape index (κ1) is 13.6. The van der Waals surface area contributed by atoms with Gasteiger partial charge < -0.3 is 10.5 Å². The Morgan fingerprint density at radius 2 is 1.84 bits per heavy atom. The Morgan fingerprint density at radius 3 is 2.53 bits per heavy atom. The highest BCUT2D eigenvalue weighted by atomic mass is 16.5. The van der Waals surface area contributed by atoms with Crippen LogP contribution in [0.15, 0.2) is 48.7 Å². The summed E-state index contributed by atoms with van der Waals surface area (Å²) in [6.45, 7) is 4.56. The molecule has 1 aromatic heterocycles. The van der Waals surface area contributed by atoms with Crippen LogP contribution in [0.25, 0.3) is 0 Å². The molecule has 19 heavy (non-hydrogen) atoms. The number of nitrogens with zero attached hydrogens (tertiary/aromatic N) is 1. The lowest BCUT2D eigenvalue weighted by Crippen LogP contribution is -2.32. The van der Waals surface area contributed by atoms with Crippen molar-refractivity contribution in [3.8, 4) is 5.88 Å². The summed E-state index contributed by atoms with van der Waals surface area (Å²) >= 11 is 0. The normalized spacial score (nSPS) is 11.3. The minimum atomic E-state index is -0.320. The highest BCUT2D eigenvalue weighted by Crippen LogP contribution is 2.23. The molecule has 0 atom stereocenters. The van der Waals surface area contributed by atoms with Crippen LogP contribution in [0.1, 0.15) is 25.0 Å². The number of ether oxygens (including phenoxy) is 1. The lowest BCUT2D eigenvalue weighted by molar-refractivity contribution is 0.102. The van der Waals surface area contributed by atoms with E-state index in [4.69, 9.17) is 10.5 Å². The van der Waals surface area contributed by atoms with Gasteiger partial charge >= 0.3 is 0 Å².